The van der Waals surface area contributed by atoms with Crippen LogP contribution in [0.5, 0.6) is 23.0 Å². The number of rotatable bonds is 5. The van der Waals surface area contributed by atoms with Crippen LogP contribution in [0, 0.1) is 0 Å². The number of benzene rings is 3. The zero-order chi connectivity index (χ0) is 21.4. The smallest absolute Gasteiger partial charge is 0.262 e. The monoisotopic (exact) mass is 418 g/mol. The third kappa shape index (κ3) is 3.28. The van der Waals surface area contributed by atoms with E-state index in [2.05, 4.69) is 5.32 Å². The number of anilines is 2. The maximum atomic E-state index is 13.6. The molecule has 2 aliphatic heterocycles. The fraction of sp³-hybridized carbons (Fsp3) is 0.208. The number of ether oxygens (including phenoxy) is 4. The van der Waals surface area contributed by atoms with Crippen LogP contribution in [0.1, 0.15) is 29.0 Å². The van der Waals surface area contributed by atoms with Gasteiger partial charge in [-0.2, -0.15) is 0 Å². The van der Waals surface area contributed by atoms with Gasteiger partial charge in [0.05, 0.1) is 25.0 Å². The Hall–Kier alpha value is -3.87. The molecule has 1 N–H and O–H groups in total. The zero-order valence-corrected chi connectivity index (χ0v) is 17.3. The molecule has 0 fully saturated rings. The highest BCUT2D eigenvalue weighted by molar-refractivity contribution is 6.12. The van der Waals surface area contributed by atoms with Crippen LogP contribution in [-0.4, -0.2) is 26.4 Å². The van der Waals surface area contributed by atoms with Crippen LogP contribution >= 0.6 is 0 Å². The van der Waals surface area contributed by atoms with Crippen molar-refractivity contribution in [3.05, 3.63) is 71.8 Å². The summed E-state index contributed by atoms with van der Waals surface area (Å²) in [6, 6.07) is 18.7. The van der Waals surface area contributed by atoms with Crippen LogP contribution in [0.4, 0.5) is 11.4 Å². The molecule has 7 nitrogen and oxygen atoms in total. The summed E-state index contributed by atoms with van der Waals surface area (Å²) in [5.74, 6) is 2.45. The predicted octanol–water partition coefficient (Wildman–Crippen LogP) is 4.59. The van der Waals surface area contributed by atoms with E-state index in [4.69, 9.17) is 18.9 Å². The van der Waals surface area contributed by atoms with Crippen molar-refractivity contribution in [1.29, 1.82) is 0 Å². The number of hydrogen-bond donors (Lipinski definition) is 1. The molecule has 1 amide bonds. The number of methoxy groups -OCH3 is 1. The predicted molar refractivity (Wildman–Crippen MR) is 116 cm³/mol. The molecular formula is C24H22N2O5. The van der Waals surface area contributed by atoms with Crippen molar-refractivity contribution in [2.75, 3.05) is 30.7 Å². The van der Waals surface area contributed by atoms with E-state index in [0.29, 0.717) is 40.9 Å². The normalized spacial score (nSPS) is 16.5. The van der Waals surface area contributed by atoms with E-state index >= 15 is 0 Å². The molecule has 1 atom stereocenters. The molecule has 7 heteroatoms. The first-order chi connectivity index (χ1) is 15.2. The standard InChI is InChI=1S/C24H22N2O5/c1-3-29-21-12-15(8-10-19(21)28-2)23-25-18-7-5-4-6-17(18)24(27)26(23)16-9-11-20-22(13-16)31-14-30-20/h4-13,23,25H,3,14H2,1-2H3/t23-/m0/s1. The molecule has 5 rings (SSSR count). The number of amides is 1. The molecular weight excluding hydrogens is 396 g/mol. The lowest BCUT2D eigenvalue weighted by atomic mass is 10.0. The Morgan fingerprint density at radius 1 is 1.03 bits per heavy atom. The fourth-order valence-corrected chi connectivity index (χ4v) is 3.92. The highest BCUT2D eigenvalue weighted by Gasteiger charge is 2.35. The molecule has 2 aliphatic rings. The van der Waals surface area contributed by atoms with Gasteiger partial charge in [-0.1, -0.05) is 18.2 Å². The van der Waals surface area contributed by atoms with Gasteiger partial charge in [-0.25, -0.2) is 0 Å². The van der Waals surface area contributed by atoms with E-state index < -0.39 is 6.17 Å². The third-order valence-electron chi connectivity index (χ3n) is 5.36. The molecule has 0 saturated carbocycles. The first kappa shape index (κ1) is 19.1. The SMILES string of the molecule is CCOc1cc([C@H]2Nc3ccccc3C(=O)N2c2ccc3c(c2)OCO3)ccc1OC. The molecule has 31 heavy (non-hydrogen) atoms. The average Bonchev–Trinajstić information content (AvgIpc) is 3.27. The van der Waals surface area contributed by atoms with Crippen molar-refractivity contribution in [1.82, 2.24) is 0 Å². The van der Waals surface area contributed by atoms with Gasteiger partial charge in [-0.15, -0.1) is 0 Å². The lowest BCUT2D eigenvalue weighted by Crippen LogP contribution is -2.43. The van der Waals surface area contributed by atoms with Crippen molar-refractivity contribution in [2.24, 2.45) is 0 Å². The lowest BCUT2D eigenvalue weighted by molar-refractivity contribution is 0.0975. The molecule has 0 aliphatic carbocycles. The van der Waals surface area contributed by atoms with Crippen LogP contribution in [0.3, 0.4) is 0 Å². The molecule has 0 unspecified atom stereocenters. The summed E-state index contributed by atoms with van der Waals surface area (Å²) in [7, 11) is 1.61. The summed E-state index contributed by atoms with van der Waals surface area (Å²) in [4.78, 5) is 15.3. The van der Waals surface area contributed by atoms with Crippen LogP contribution < -0.4 is 29.2 Å². The number of carbonyl (C=O) groups is 1. The maximum absolute atomic E-state index is 13.6. The van der Waals surface area contributed by atoms with Gasteiger partial charge < -0.3 is 24.3 Å². The summed E-state index contributed by atoms with van der Waals surface area (Å²) in [6.07, 6.45) is -0.451. The largest absolute Gasteiger partial charge is 0.493 e. The van der Waals surface area contributed by atoms with Crippen LogP contribution in [-0.2, 0) is 0 Å². The highest BCUT2D eigenvalue weighted by Crippen LogP contribution is 2.42. The number of para-hydroxylation sites is 1. The van der Waals surface area contributed by atoms with E-state index in [0.717, 1.165) is 11.3 Å². The topological polar surface area (TPSA) is 69.3 Å². The fourth-order valence-electron chi connectivity index (χ4n) is 3.92. The number of nitrogens with zero attached hydrogens (tertiary/aromatic N) is 1. The van der Waals surface area contributed by atoms with Gasteiger partial charge in [0.2, 0.25) is 6.79 Å². The summed E-state index contributed by atoms with van der Waals surface area (Å²) in [6.45, 7) is 2.60. The van der Waals surface area contributed by atoms with Gasteiger partial charge in [-0.3, -0.25) is 9.69 Å². The van der Waals surface area contributed by atoms with Gasteiger partial charge in [-0.05, 0) is 48.9 Å². The van der Waals surface area contributed by atoms with Crippen LogP contribution in [0.15, 0.2) is 60.7 Å². The number of hydrogen-bond acceptors (Lipinski definition) is 6. The van der Waals surface area contributed by atoms with E-state index in [9.17, 15) is 4.79 Å². The van der Waals surface area contributed by atoms with Crippen molar-refractivity contribution in [2.45, 2.75) is 13.1 Å². The van der Waals surface area contributed by atoms with E-state index in [1.54, 1.807) is 12.0 Å². The van der Waals surface area contributed by atoms with Crippen LogP contribution in [0.2, 0.25) is 0 Å². The molecule has 0 bridgehead atoms. The first-order valence-corrected chi connectivity index (χ1v) is 10.1. The van der Waals surface area contributed by atoms with Crippen LogP contribution in [0.25, 0.3) is 0 Å². The summed E-state index contributed by atoms with van der Waals surface area (Å²) >= 11 is 0. The van der Waals surface area contributed by atoms with Gasteiger partial charge in [0.15, 0.2) is 23.0 Å². The second-order valence-electron chi connectivity index (χ2n) is 7.15. The minimum atomic E-state index is -0.451. The molecule has 0 aromatic heterocycles. The Balaban J connectivity index is 1.63. The van der Waals surface area contributed by atoms with E-state index in [1.165, 1.54) is 0 Å². The Morgan fingerprint density at radius 3 is 2.71 bits per heavy atom. The lowest BCUT2D eigenvalue weighted by Gasteiger charge is -2.38. The Morgan fingerprint density at radius 2 is 1.87 bits per heavy atom. The molecule has 2 heterocycles. The number of carbonyl (C=O) groups excluding carboxylic acids is 1. The van der Waals surface area contributed by atoms with Gasteiger partial charge >= 0.3 is 0 Å². The number of nitrogens with one attached hydrogen (secondary N) is 1. The Kier molecular flexibility index (Phi) is 4.78. The molecule has 0 radical (unpaired) electrons. The van der Waals surface area contributed by atoms with Gasteiger partial charge in [0.1, 0.15) is 6.17 Å². The van der Waals surface area contributed by atoms with Gasteiger partial charge in [0, 0.05) is 11.8 Å². The highest BCUT2D eigenvalue weighted by atomic mass is 16.7. The minimum Gasteiger partial charge on any atom is -0.493 e. The molecule has 158 valence electrons. The minimum absolute atomic E-state index is 0.105. The Bertz CT molecular complexity index is 1150. The molecule has 3 aromatic carbocycles. The van der Waals surface area contributed by atoms with E-state index in [1.807, 2.05) is 67.6 Å². The first-order valence-electron chi connectivity index (χ1n) is 10.1. The van der Waals surface area contributed by atoms with Crippen molar-refractivity contribution in [3.63, 3.8) is 0 Å². The molecule has 3 aromatic rings. The second kappa shape index (κ2) is 7.75. The molecule has 0 spiro atoms. The second-order valence-corrected chi connectivity index (χ2v) is 7.15. The summed E-state index contributed by atoms with van der Waals surface area (Å²) in [5.41, 5.74) is 2.96. The van der Waals surface area contributed by atoms with E-state index in [-0.39, 0.29) is 12.7 Å². The number of fused-ring (bicyclic) bond motifs is 2. The molecule has 0 saturated heterocycles. The zero-order valence-electron chi connectivity index (χ0n) is 17.3. The van der Waals surface area contributed by atoms with Crippen molar-refractivity contribution in [3.8, 4) is 23.0 Å². The summed E-state index contributed by atoms with van der Waals surface area (Å²) in [5, 5.41) is 3.50. The Labute approximate surface area is 180 Å². The maximum Gasteiger partial charge on any atom is 0.262 e. The third-order valence-corrected chi connectivity index (χ3v) is 5.36. The van der Waals surface area contributed by atoms with Gasteiger partial charge in [0.25, 0.3) is 5.91 Å². The average molecular weight is 418 g/mol. The quantitative estimate of drug-likeness (QED) is 0.653. The van der Waals surface area contributed by atoms with Crippen molar-refractivity contribution >= 4 is 17.3 Å². The van der Waals surface area contributed by atoms with Crippen molar-refractivity contribution < 1.29 is 23.7 Å². The summed E-state index contributed by atoms with van der Waals surface area (Å²) < 4.78 is 22.2.